The van der Waals surface area contributed by atoms with Crippen LogP contribution in [0.15, 0.2) is 0 Å². The predicted octanol–water partition coefficient (Wildman–Crippen LogP) is 4.54. The van der Waals surface area contributed by atoms with Crippen molar-refractivity contribution in [2.45, 2.75) is 76.6 Å². The largest absolute Gasteiger partial charge is 0.489 e. The highest BCUT2D eigenvalue weighted by atomic mass is 35.5. The molecule has 1 aromatic heterocycles. The summed E-state index contributed by atoms with van der Waals surface area (Å²) in [5.74, 6) is -2.53. The lowest BCUT2D eigenvalue weighted by Crippen LogP contribution is -2.58. The molecule has 0 saturated carbocycles. The number of hydrogen-bond acceptors (Lipinski definition) is 7. The lowest BCUT2D eigenvalue weighted by atomic mass is 9.99. The van der Waals surface area contributed by atoms with E-state index in [1.54, 1.807) is 30.6 Å². The van der Waals surface area contributed by atoms with Crippen LogP contribution in [0.5, 0.6) is 5.75 Å². The van der Waals surface area contributed by atoms with Crippen LogP contribution in [-0.4, -0.2) is 107 Å². The van der Waals surface area contributed by atoms with Crippen LogP contribution in [0.4, 0.5) is 19.4 Å². The molecule has 0 bridgehead atoms. The van der Waals surface area contributed by atoms with Gasteiger partial charge in [-0.05, 0) is 41.0 Å². The molecule has 4 aliphatic heterocycles. The predicted molar refractivity (Wildman–Crippen MR) is 143 cm³/mol. The van der Waals surface area contributed by atoms with E-state index in [1.165, 1.54) is 0 Å². The van der Waals surface area contributed by atoms with Crippen LogP contribution >= 0.6 is 23.2 Å². The number of alkyl halides is 2. The van der Waals surface area contributed by atoms with Gasteiger partial charge in [0.2, 0.25) is 0 Å². The molecule has 9 nitrogen and oxygen atoms in total. The zero-order valence-electron chi connectivity index (χ0n) is 22.9. The van der Waals surface area contributed by atoms with Crippen LogP contribution < -0.4 is 9.64 Å². The standard InChI is InChI=1S/C26H35Cl2F2N5O4/c1-24(2,3)39-23(37)32-8-9-34-16(11-32)13-38-19-17(22(34)36)21(31-20(28)18(19)27)35-12-15(10-25(35,4)5)33-7-6-26(29,30)14-33/h15-16H,6-14H2,1-5H3/t15?,16-/m1/s1. The first kappa shape index (κ1) is 28.4. The molecule has 0 spiro atoms. The van der Waals surface area contributed by atoms with E-state index in [-0.39, 0.29) is 66.1 Å². The Kier molecular flexibility index (Phi) is 7.12. The summed E-state index contributed by atoms with van der Waals surface area (Å²) in [4.78, 5) is 38.4. The molecule has 1 unspecified atom stereocenters. The minimum Gasteiger partial charge on any atom is -0.489 e. The van der Waals surface area contributed by atoms with Crippen molar-refractivity contribution in [1.82, 2.24) is 19.7 Å². The van der Waals surface area contributed by atoms with Crippen LogP contribution in [0.2, 0.25) is 10.2 Å². The molecule has 5 rings (SSSR count). The third-order valence-electron chi connectivity index (χ3n) is 7.89. The second kappa shape index (κ2) is 9.76. The fourth-order valence-electron chi connectivity index (χ4n) is 6.01. The maximum Gasteiger partial charge on any atom is 0.410 e. The SMILES string of the molecule is CC(C)(C)OC(=O)N1CCN2C(=O)c3c(N4CC(N5CCC(F)(F)C5)CC4(C)C)nc(Cl)c(Cl)c3OC[C@H]2C1. The Balaban J connectivity index is 1.44. The molecule has 5 heterocycles. The maximum atomic E-state index is 14.1. The molecule has 4 aliphatic rings. The van der Waals surface area contributed by atoms with Crippen molar-refractivity contribution in [2.75, 3.05) is 50.8 Å². The fraction of sp³-hybridized carbons (Fsp3) is 0.731. The number of piperazine rings is 1. The molecule has 1 aromatic rings. The van der Waals surface area contributed by atoms with Gasteiger partial charge in [0.1, 0.15) is 28.6 Å². The number of ether oxygens (including phenoxy) is 2. The molecule has 3 fully saturated rings. The third-order valence-corrected chi connectivity index (χ3v) is 8.62. The van der Waals surface area contributed by atoms with Crippen molar-refractivity contribution >= 4 is 41.0 Å². The summed E-state index contributed by atoms with van der Waals surface area (Å²) < 4.78 is 39.6. The van der Waals surface area contributed by atoms with E-state index in [0.29, 0.717) is 31.9 Å². The summed E-state index contributed by atoms with van der Waals surface area (Å²) in [5.41, 5.74) is -0.934. The van der Waals surface area contributed by atoms with Crippen molar-refractivity contribution in [1.29, 1.82) is 0 Å². The number of likely N-dealkylation sites (tertiary alicyclic amines) is 1. The fourth-order valence-corrected chi connectivity index (χ4v) is 6.37. The van der Waals surface area contributed by atoms with Crippen LogP contribution in [0.1, 0.15) is 57.8 Å². The van der Waals surface area contributed by atoms with Gasteiger partial charge in [-0.1, -0.05) is 23.2 Å². The van der Waals surface area contributed by atoms with Gasteiger partial charge in [0, 0.05) is 50.7 Å². The average molecular weight is 590 g/mol. The number of rotatable bonds is 2. The summed E-state index contributed by atoms with van der Waals surface area (Å²) in [5, 5.41) is 0.0424. The van der Waals surface area contributed by atoms with Crippen molar-refractivity contribution in [3.8, 4) is 5.75 Å². The molecule has 3 saturated heterocycles. The van der Waals surface area contributed by atoms with Gasteiger partial charge in [0.25, 0.3) is 11.8 Å². The molecule has 0 N–H and O–H groups in total. The molecule has 0 aromatic carbocycles. The highest BCUT2D eigenvalue weighted by Gasteiger charge is 2.49. The van der Waals surface area contributed by atoms with Gasteiger partial charge in [-0.25, -0.2) is 18.6 Å². The smallest absolute Gasteiger partial charge is 0.410 e. The third kappa shape index (κ3) is 5.46. The first-order valence-corrected chi connectivity index (χ1v) is 14.0. The average Bonchev–Trinajstić information content (AvgIpc) is 3.30. The maximum absolute atomic E-state index is 14.1. The number of pyridine rings is 1. The number of carbonyl (C=O) groups excluding carboxylic acids is 2. The Morgan fingerprint density at radius 3 is 2.49 bits per heavy atom. The first-order chi connectivity index (χ1) is 18.1. The summed E-state index contributed by atoms with van der Waals surface area (Å²) in [6.45, 7) is 10.8. The van der Waals surface area contributed by atoms with Crippen LogP contribution in [-0.2, 0) is 4.74 Å². The molecule has 216 valence electrons. The van der Waals surface area contributed by atoms with Crippen LogP contribution in [0, 0.1) is 0 Å². The number of anilines is 1. The summed E-state index contributed by atoms with van der Waals surface area (Å²) in [7, 11) is 0. The summed E-state index contributed by atoms with van der Waals surface area (Å²) in [6.07, 6.45) is 0.0106. The minimum absolute atomic E-state index is 0.000394. The Hall–Kier alpha value is -2.11. The van der Waals surface area contributed by atoms with Crippen LogP contribution in [0.3, 0.4) is 0 Å². The highest BCUT2D eigenvalue weighted by molar-refractivity contribution is 6.42. The number of amides is 2. The van der Waals surface area contributed by atoms with E-state index in [0.717, 1.165) is 0 Å². The molecule has 2 amide bonds. The lowest BCUT2D eigenvalue weighted by Gasteiger charge is -2.40. The highest BCUT2D eigenvalue weighted by Crippen LogP contribution is 2.46. The topological polar surface area (TPSA) is 78.5 Å². The summed E-state index contributed by atoms with van der Waals surface area (Å²) >= 11 is 13.0. The van der Waals surface area contributed by atoms with Gasteiger partial charge in [-0.2, -0.15) is 0 Å². The van der Waals surface area contributed by atoms with Gasteiger partial charge in [0.15, 0.2) is 10.9 Å². The van der Waals surface area contributed by atoms with Gasteiger partial charge < -0.3 is 24.2 Å². The molecule has 13 heteroatoms. The van der Waals surface area contributed by atoms with Gasteiger partial charge >= 0.3 is 6.09 Å². The quantitative estimate of drug-likeness (QED) is 0.469. The molecular formula is C26H35Cl2F2N5O4. The second-order valence-electron chi connectivity index (χ2n) is 12.5. The van der Waals surface area contributed by atoms with Crippen LogP contribution in [0.25, 0.3) is 0 Å². The Morgan fingerprint density at radius 1 is 1.13 bits per heavy atom. The number of aromatic nitrogens is 1. The number of hydrogen-bond donors (Lipinski definition) is 0. The van der Waals surface area contributed by atoms with Crippen molar-refractivity contribution in [2.24, 2.45) is 0 Å². The Labute approximate surface area is 237 Å². The zero-order chi connectivity index (χ0) is 28.5. The van der Waals surface area contributed by atoms with E-state index in [2.05, 4.69) is 4.98 Å². The Bertz CT molecular complexity index is 1180. The van der Waals surface area contributed by atoms with E-state index in [9.17, 15) is 18.4 Å². The molecule has 2 atom stereocenters. The van der Waals surface area contributed by atoms with Crippen molar-refractivity contribution in [3.05, 3.63) is 15.7 Å². The number of fused-ring (bicyclic) bond motifs is 2. The Morgan fingerprint density at radius 2 is 1.85 bits per heavy atom. The normalized spacial score (nSPS) is 26.7. The summed E-state index contributed by atoms with van der Waals surface area (Å²) in [6, 6.07) is -0.563. The van der Waals surface area contributed by atoms with E-state index >= 15 is 0 Å². The van der Waals surface area contributed by atoms with E-state index < -0.39 is 29.2 Å². The lowest BCUT2D eigenvalue weighted by molar-refractivity contribution is 0.000924. The zero-order valence-corrected chi connectivity index (χ0v) is 24.4. The van der Waals surface area contributed by atoms with E-state index in [4.69, 9.17) is 32.7 Å². The molecule has 39 heavy (non-hydrogen) atoms. The first-order valence-electron chi connectivity index (χ1n) is 13.3. The number of halogens is 4. The van der Waals surface area contributed by atoms with Gasteiger partial charge in [0.05, 0.1) is 12.6 Å². The van der Waals surface area contributed by atoms with E-state index in [1.807, 2.05) is 23.6 Å². The van der Waals surface area contributed by atoms with Crippen molar-refractivity contribution in [3.63, 3.8) is 0 Å². The monoisotopic (exact) mass is 589 g/mol. The second-order valence-corrected chi connectivity index (χ2v) is 13.2. The molecule has 0 aliphatic carbocycles. The van der Waals surface area contributed by atoms with Gasteiger partial charge in [-0.15, -0.1) is 0 Å². The molecular weight excluding hydrogens is 555 g/mol. The molecule has 0 radical (unpaired) electrons. The number of carbonyl (C=O) groups is 2. The van der Waals surface area contributed by atoms with Gasteiger partial charge in [-0.3, -0.25) is 9.69 Å². The minimum atomic E-state index is -2.70. The van der Waals surface area contributed by atoms with Crippen molar-refractivity contribution < 1.29 is 27.8 Å². The number of nitrogens with zero attached hydrogens (tertiary/aromatic N) is 5.